The summed E-state index contributed by atoms with van der Waals surface area (Å²) >= 11 is 0. The molecular formula is C21H22N4O3. The molecule has 2 aromatic carbocycles. The third kappa shape index (κ3) is 3.57. The summed E-state index contributed by atoms with van der Waals surface area (Å²) in [6.07, 6.45) is 3.44. The lowest BCUT2D eigenvalue weighted by atomic mass is 9.97. The number of urea groups is 1. The predicted octanol–water partition coefficient (Wildman–Crippen LogP) is 2.60. The molecule has 2 heterocycles. The molecular weight excluding hydrogens is 356 g/mol. The number of nitrogens with one attached hydrogen (secondary N) is 3. The van der Waals surface area contributed by atoms with E-state index in [0.717, 1.165) is 23.1 Å². The number of hydrogen-bond donors (Lipinski definition) is 4. The van der Waals surface area contributed by atoms with Crippen LogP contribution in [0.2, 0.25) is 0 Å². The topological polar surface area (TPSA) is 97.5 Å². The highest BCUT2D eigenvalue weighted by atomic mass is 16.5. The van der Waals surface area contributed by atoms with Crippen molar-refractivity contribution in [2.45, 2.75) is 19.4 Å². The van der Waals surface area contributed by atoms with Gasteiger partial charge >= 0.3 is 6.03 Å². The van der Waals surface area contributed by atoms with E-state index in [2.05, 4.69) is 16.4 Å². The first-order valence-electron chi connectivity index (χ1n) is 9.29. The van der Waals surface area contributed by atoms with E-state index in [-0.39, 0.29) is 6.03 Å². The number of hydrogen-bond acceptors (Lipinski definition) is 3. The van der Waals surface area contributed by atoms with Crippen molar-refractivity contribution in [3.63, 3.8) is 0 Å². The lowest BCUT2D eigenvalue weighted by Gasteiger charge is -2.29. The molecule has 1 aliphatic heterocycles. The first-order chi connectivity index (χ1) is 13.7. The van der Waals surface area contributed by atoms with Gasteiger partial charge in [0.05, 0.1) is 0 Å². The smallest absolute Gasteiger partial charge is 0.317 e. The number of aromatic amines is 1. The second kappa shape index (κ2) is 7.74. The van der Waals surface area contributed by atoms with Crippen LogP contribution in [0.5, 0.6) is 0 Å². The highest BCUT2D eigenvalue weighted by Crippen LogP contribution is 2.21. The van der Waals surface area contributed by atoms with Crippen molar-refractivity contribution in [1.82, 2.24) is 20.7 Å². The zero-order valence-corrected chi connectivity index (χ0v) is 15.4. The number of para-hydroxylation sites is 1. The fraction of sp³-hybridized carbons (Fsp3) is 0.238. The maximum absolute atomic E-state index is 12.5. The van der Waals surface area contributed by atoms with Crippen LogP contribution < -0.4 is 10.8 Å². The molecule has 0 saturated heterocycles. The normalized spacial score (nSPS) is 13.2. The molecule has 144 valence electrons. The molecule has 0 saturated carbocycles. The van der Waals surface area contributed by atoms with Crippen LogP contribution in [-0.2, 0) is 19.4 Å². The van der Waals surface area contributed by atoms with Crippen LogP contribution in [0, 0.1) is 0 Å². The summed E-state index contributed by atoms with van der Waals surface area (Å²) in [7, 11) is 0. The van der Waals surface area contributed by atoms with Gasteiger partial charge in [-0.25, -0.2) is 10.3 Å². The van der Waals surface area contributed by atoms with Gasteiger partial charge in [-0.15, -0.1) is 0 Å². The fourth-order valence-corrected chi connectivity index (χ4v) is 3.69. The van der Waals surface area contributed by atoms with E-state index in [4.69, 9.17) is 5.21 Å². The number of aromatic nitrogens is 1. The van der Waals surface area contributed by atoms with Gasteiger partial charge in [0.1, 0.15) is 0 Å². The number of nitrogens with zero attached hydrogens (tertiary/aromatic N) is 1. The van der Waals surface area contributed by atoms with Crippen molar-refractivity contribution in [2.75, 3.05) is 13.1 Å². The Bertz CT molecular complexity index is 1030. The third-order valence-electron chi connectivity index (χ3n) is 5.21. The summed E-state index contributed by atoms with van der Waals surface area (Å²) in [5, 5.41) is 12.9. The second-order valence-corrected chi connectivity index (χ2v) is 6.94. The van der Waals surface area contributed by atoms with E-state index in [1.165, 1.54) is 10.9 Å². The number of fused-ring (bicyclic) bond motifs is 2. The summed E-state index contributed by atoms with van der Waals surface area (Å²) in [5.74, 6) is -0.528. The van der Waals surface area contributed by atoms with Crippen LogP contribution in [-0.4, -0.2) is 40.1 Å². The van der Waals surface area contributed by atoms with Gasteiger partial charge in [-0.3, -0.25) is 10.0 Å². The Hall–Kier alpha value is -3.32. The average Bonchev–Trinajstić information content (AvgIpc) is 3.15. The van der Waals surface area contributed by atoms with Crippen molar-refractivity contribution in [2.24, 2.45) is 0 Å². The minimum absolute atomic E-state index is 0.0809. The van der Waals surface area contributed by atoms with Crippen LogP contribution in [0.25, 0.3) is 10.9 Å². The van der Waals surface area contributed by atoms with Gasteiger partial charge in [-0.2, -0.15) is 0 Å². The van der Waals surface area contributed by atoms with Crippen molar-refractivity contribution in [3.05, 3.63) is 70.9 Å². The molecule has 3 aromatic rings. The van der Waals surface area contributed by atoms with Crippen molar-refractivity contribution < 1.29 is 14.8 Å². The number of carbonyl (C=O) groups is 2. The Kier molecular flexibility index (Phi) is 4.99. The molecule has 7 heteroatoms. The first kappa shape index (κ1) is 18.1. The fourth-order valence-electron chi connectivity index (χ4n) is 3.69. The summed E-state index contributed by atoms with van der Waals surface area (Å²) in [6, 6.07) is 13.3. The van der Waals surface area contributed by atoms with Gasteiger partial charge < -0.3 is 15.2 Å². The molecule has 0 unspecified atom stereocenters. The van der Waals surface area contributed by atoms with Crippen LogP contribution in [0.15, 0.2) is 48.7 Å². The Balaban J connectivity index is 1.34. The quantitative estimate of drug-likeness (QED) is 0.415. The molecule has 1 aliphatic rings. The van der Waals surface area contributed by atoms with Gasteiger partial charge in [0, 0.05) is 42.3 Å². The SMILES string of the molecule is O=C(NO)c1ccc2c(c1)CCN(C(=O)NCCc1c[nH]c3ccccc13)C2. The Labute approximate surface area is 162 Å². The number of carbonyl (C=O) groups excluding carboxylic acids is 2. The summed E-state index contributed by atoms with van der Waals surface area (Å²) in [6.45, 7) is 1.67. The van der Waals surface area contributed by atoms with Crippen molar-refractivity contribution >= 4 is 22.8 Å². The number of benzene rings is 2. The minimum Gasteiger partial charge on any atom is -0.361 e. The zero-order chi connectivity index (χ0) is 19.5. The molecule has 7 nitrogen and oxygen atoms in total. The summed E-state index contributed by atoms with van der Waals surface area (Å²) in [5.41, 5.74) is 6.40. The lowest BCUT2D eigenvalue weighted by Crippen LogP contribution is -2.43. The number of amides is 3. The summed E-state index contributed by atoms with van der Waals surface area (Å²) in [4.78, 5) is 29.1. The third-order valence-corrected chi connectivity index (χ3v) is 5.21. The van der Waals surface area contributed by atoms with Gasteiger partial charge in [-0.05, 0) is 47.7 Å². The highest BCUT2D eigenvalue weighted by Gasteiger charge is 2.21. The molecule has 1 aromatic heterocycles. The van der Waals surface area contributed by atoms with Crippen molar-refractivity contribution in [1.29, 1.82) is 0 Å². The monoisotopic (exact) mass is 378 g/mol. The number of rotatable bonds is 4. The van der Waals surface area contributed by atoms with E-state index in [9.17, 15) is 9.59 Å². The second-order valence-electron chi connectivity index (χ2n) is 6.94. The van der Waals surface area contributed by atoms with Crippen LogP contribution in [0.4, 0.5) is 4.79 Å². The zero-order valence-electron chi connectivity index (χ0n) is 15.4. The van der Waals surface area contributed by atoms with E-state index < -0.39 is 5.91 Å². The van der Waals surface area contributed by atoms with Gasteiger partial charge in [-0.1, -0.05) is 24.3 Å². The molecule has 4 N–H and O–H groups in total. The lowest BCUT2D eigenvalue weighted by molar-refractivity contribution is 0.0706. The predicted molar refractivity (Wildman–Crippen MR) is 105 cm³/mol. The number of H-pyrrole nitrogens is 1. The first-order valence-corrected chi connectivity index (χ1v) is 9.29. The highest BCUT2D eigenvalue weighted by molar-refractivity contribution is 5.93. The molecule has 0 bridgehead atoms. The maximum atomic E-state index is 12.5. The van der Waals surface area contributed by atoms with Crippen molar-refractivity contribution in [3.8, 4) is 0 Å². The molecule has 3 amide bonds. The molecule has 0 aliphatic carbocycles. The minimum atomic E-state index is -0.528. The summed E-state index contributed by atoms with van der Waals surface area (Å²) < 4.78 is 0. The van der Waals surface area contributed by atoms with Crippen LogP contribution in [0.3, 0.4) is 0 Å². The molecule has 28 heavy (non-hydrogen) atoms. The van der Waals surface area contributed by atoms with Crippen LogP contribution >= 0.6 is 0 Å². The number of hydroxylamine groups is 1. The van der Waals surface area contributed by atoms with Crippen LogP contribution in [0.1, 0.15) is 27.0 Å². The molecule has 4 rings (SSSR count). The molecule has 0 radical (unpaired) electrons. The Morgan fingerprint density at radius 2 is 2.00 bits per heavy atom. The Morgan fingerprint density at radius 1 is 1.14 bits per heavy atom. The molecule has 0 spiro atoms. The Morgan fingerprint density at radius 3 is 2.86 bits per heavy atom. The largest absolute Gasteiger partial charge is 0.361 e. The van der Waals surface area contributed by atoms with Gasteiger partial charge in [0.25, 0.3) is 5.91 Å². The molecule has 0 atom stereocenters. The van der Waals surface area contributed by atoms with E-state index in [1.54, 1.807) is 22.5 Å². The standard InChI is InChI=1S/C21H22N4O3/c26-20(24-28)15-5-6-17-13-25(10-8-14(17)11-15)21(27)22-9-7-16-12-23-19-4-2-1-3-18(16)19/h1-6,11-12,23,28H,7-10,13H2,(H,22,27)(H,24,26). The van der Waals surface area contributed by atoms with Gasteiger partial charge in [0.2, 0.25) is 0 Å². The molecule has 0 fully saturated rings. The van der Waals surface area contributed by atoms with Gasteiger partial charge in [0.15, 0.2) is 0 Å². The van der Waals surface area contributed by atoms with E-state index >= 15 is 0 Å². The van der Waals surface area contributed by atoms with E-state index in [0.29, 0.717) is 31.6 Å². The maximum Gasteiger partial charge on any atom is 0.317 e. The average molecular weight is 378 g/mol. The van der Waals surface area contributed by atoms with E-state index in [1.807, 2.05) is 30.5 Å².